The normalized spacial score (nSPS) is 72.7. The molecule has 2 spiro atoms. The van der Waals surface area contributed by atoms with Crippen molar-refractivity contribution in [2.45, 2.75) is 63.6 Å². The van der Waals surface area contributed by atoms with Crippen molar-refractivity contribution in [1.29, 1.82) is 0 Å². The third-order valence-corrected chi connectivity index (χ3v) is 11.5. The van der Waals surface area contributed by atoms with Gasteiger partial charge in [-0.25, -0.2) is 0 Å². The molecule has 26 heavy (non-hydrogen) atoms. The fourth-order valence-corrected chi connectivity index (χ4v) is 11.7. The molecule has 0 amide bonds. The van der Waals surface area contributed by atoms with E-state index in [9.17, 15) is 9.59 Å². The van der Waals surface area contributed by atoms with Crippen molar-refractivity contribution in [2.75, 3.05) is 0 Å². The zero-order chi connectivity index (χ0) is 17.4. The molecule has 0 aromatic rings. The number of ether oxygens (including phenoxy) is 2. The SMILES string of the molecule is C[C@]12C(=O)O[C@@]34CCC[C@H]3[C@@H]3[C@@H]([C@H]5[C@@H]1[C@H]1CCC[C@]16OC(=O)[C@@]3(C)[C@H]56)[C@@H]42. The van der Waals surface area contributed by atoms with Crippen molar-refractivity contribution < 1.29 is 19.1 Å². The molecule has 6 aliphatic carbocycles. The summed E-state index contributed by atoms with van der Waals surface area (Å²) < 4.78 is 12.8. The number of fused-ring (bicyclic) bond motifs is 4. The van der Waals surface area contributed by atoms with Gasteiger partial charge >= 0.3 is 11.9 Å². The molecular weight excluding hydrogens is 328 g/mol. The zero-order valence-electron chi connectivity index (χ0n) is 15.5. The van der Waals surface area contributed by atoms with Crippen molar-refractivity contribution >= 4 is 11.9 Å². The van der Waals surface area contributed by atoms with E-state index in [0.717, 1.165) is 38.5 Å². The molecule has 8 fully saturated rings. The lowest BCUT2D eigenvalue weighted by molar-refractivity contribution is -0.165. The van der Waals surface area contributed by atoms with Gasteiger partial charge in [-0.3, -0.25) is 9.59 Å². The van der Waals surface area contributed by atoms with E-state index in [2.05, 4.69) is 13.8 Å². The van der Waals surface area contributed by atoms with Crippen LogP contribution >= 0.6 is 0 Å². The maximum absolute atomic E-state index is 13.4. The molecule has 2 aliphatic heterocycles. The summed E-state index contributed by atoms with van der Waals surface area (Å²) in [4.78, 5) is 26.8. The number of carbonyl (C=O) groups is 2. The van der Waals surface area contributed by atoms with Crippen LogP contribution in [0.2, 0.25) is 0 Å². The van der Waals surface area contributed by atoms with Gasteiger partial charge in [-0.1, -0.05) is 0 Å². The first-order valence-electron chi connectivity index (χ1n) is 10.9. The standard InChI is InChI=1S/C22H26O4/c1-19-13-9-5-3-8-22(9)16-11(13)12-14(20(16,2)18(24)26-22)10-6-4-7-21(10,15(12)19)25-17(19)23/h9-16H,3-8H2,1-2H3/t9-,10+,11+,12-,13+,14-,15-,16+,19+,20-,21-,22-/m0/s1. The van der Waals surface area contributed by atoms with Crippen LogP contribution in [0.15, 0.2) is 0 Å². The van der Waals surface area contributed by atoms with Gasteiger partial charge in [0, 0.05) is 23.7 Å². The molecule has 0 N–H and O–H groups in total. The number of hydrogen-bond acceptors (Lipinski definition) is 4. The molecule has 138 valence electrons. The van der Waals surface area contributed by atoms with E-state index in [1.807, 2.05) is 0 Å². The highest BCUT2D eigenvalue weighted by atomic mass is 16.6. The third-order valence-electron chi connectivity index (χ3n) is 11.5. The first-order valence-corrected chi connectivity index (χ1v) is 10.9. The largest absolute Gasteiger partial charge is 0.458 e. The number of rotatable bonds is 0. The van der Waals surface area contributed by atoms with Crippen LogP contribution in [-0.4, -0.2) is 23.1 Å². The maximum atomic E-state index is 13.4. The van der Waals surface area contributed by atoms with E-state index >= 15 is 0 Å². The van der Waals surface area contributed by atoms with Gasteiger partial charge in [0.1, 0.15) is 11.2 Å². The molecule has 0 unspecified atom stereocenters. The Balaban J connectivity index is 1.49. The second-order valence-electron chi connectivity index (χ2n) is 11.4. The van der Waals surface area contributed by atoms with Gasteiger partial charge in [-0.2, -0.15) is 0 Å². The van der Waals surface area contributed by atoms with Crippen LogP contribution < -0.4 is 0 Å². The molecule has 8 rings (SSSR count). The average molecular weight is 354 g/mol. The summed E-state index contributed by atoms with van der Waals surface area (Å²) in [5.41, 5.74) is -1.15. The summed E-state index contributed by atoms with van der Waals surface area (Å²) >= 11 is 0. The Morgan fingerprint density at radius 2 is 1.19 bits per heavy atom. The quantitative estimate of drug-likeness (QED) is 0.628. The lowest BCUT2D eigenvalue weighted by atomic mass is 9.63. The second-order valence-corrected chi connectivity index (χ2v) is 11.4. The van der Waals surface area contributed by atoms with Crippen LogP contribution in [0, 0.1) is 58.2 Å². The topological polar surface area (TPSA) is 52.6 Å². The molecule has 6 saturated carbocycles. The average Bonchev–Trinajstić information content (AvgIpc) is 3.35. The minimum atomic E-state index is -0.327. The van der Waals surface area contributed by atoms with Gasteiger partial charge in [0.25, 0.3) is 0 Å². The minimum absolute atomic E-state index is 0.0994. The van der Waals surface area contributed by atoms with E-state index in [4.69, 9.17) is 9.47 Å². The summed E-state index contributed by atoms with van der Waals surface area (Å²) in [7, 11) is 0. The Kier molecular flexibility index (Phi) is 1.83. The second kappa shape index (κ2) is 3.39. The highest BCUT2D eigenvalue weighted by Gasteiger charge is 2.95. The highest BCUT2D eigenvalue weighted by molar-refractivity contribution is 5.86. The monoisotopic (exact) mass is 354 g/mol. The molecule has 2 heterocycles. The molecule has 12 atom stereocenters. The molecule has 4 heteroatoms. The van der Waals surface area contributed by atoms with Crippen LogP contribution in [0.25, 0.3) is 0 Å². The van der Waals surface area contributed by atoms with E-state index < -0.39 is 0 Å². The summed E-state index contributed by atoms with van der Waals surface area (Å²) in [5, 5.41) is 0. The molecule has 0 aromatic carbocycles. The highest BCUT2D eigenvalue weighted by Crippen LogP contribution is 2.90. The Bertz CT molecular complexity index is 768. The van der Waals surface area contributed by atoms with Crippen molar-refractivity contribution in [2.24, 2.45) is 58.2 Å². The van der Waals surface area contributed by atoms with Crippen LogP contribution in [-0.2, 0) is 19.1 Å². The molecule has 0 bridgehead atoms. The van der Waals surface area contributed by atoms with Crippen LogP contribution in [0.3, 0.4) is 0 Å². The van der Waals surface area contributed by atoms with Gasteiger partial charge in [0.15, 0.2) is 0 Å². The summed E-state index contributed by atoms with van der Waals surface area (Å²) in [6.45, 7) is 4.50. The van der Waals surface area contributed by atoms with Gasteiger partial charge in [0.2, 0.25) is 0 Å². The predicted octanol–water partition coefficient (Wildman–Crippen LogP) is 2.94. The zero-order valence-corrected chi connectivity index (χ0v) is 15.5. The molecular formula is C22H26O4. The number of carbonyl (C=O) groups excluding carboxylic acids is 2. The lowest BCUT2D eigenvalue weighted by Crippen LogP contribution is -2.45. The van der Waals surface area contributed by atoms with E-state index in [1.54, 1.807) is 0 Å². The molecule has 8 aliphatic rings. The predicted molar refractivity (Wildman–Crippen MR) is 89.5 cm³/mol. The number of hydrogen-bond donors (Lipinski definition) is 0. The van der Waals surface area contributed by atoms with Gasteiger partial charge in [-0.05, 0) is 76.0 Å². The Labute approximate surface area is 153 Å². The van der Waals surface area contributed by atoms with Gasteiger partial charge in [-0.15, -0.1) is 0 Å². The first-order chi connectivity index (χ1) is 12.4. The third kappa shape index (κ3) is 0.897. The smallest absolute Gasteiger partial charge is 0.313 e. The molecule has 0 aromatic heterocycles. The number of esters is 2. The van der Waals surface area contributed by atoms with Crippen molar-refractivity contribution in [3.05, 3.63) is 0 Å². The Hall–Kier alpha value is -1.06. The van der Waals surface area contributed by atoms with Crippen LogP contribution in [0.4, 0.5) is 0 Å². The van der Waals surface area contributed by atoms with Gasteiger partial charge in [0.05, 0.1) is 10.8 Å². The summed E-state index contributed by atoms with van der Waals surface area (Å²) in [5.74, 6) is 3.52. The van der Waals surface area contributed by atoms with Gasteiger partial charge < -0.3 is 9.47 Å². The molecule has 4 nitrogen and oxygen atoms in total. The van der Waals surface area contributed by atoms with Crippen LogP contribution in [0.1, 0.15) is 52.4 Å². The van der Waals surface area contributed by atoms with Crippen molar-refractivity contribution in [3.8, 4) is 0 Å². The minimum Gasteiger partial charge on any atom is -0.458 e. The Morgan fingerprint density at radius 3 is 1.62 bits per heavy atom. The van der Waals surface area contributed by atoms with Crippen molar-refractivity contribution in [3.63, 3.8) is 0 Å². The summed E-state index contributed by atoms with van der Waals surface area (Å²) in [6, 6.07) is 0. The van der Waals surface area contributed by atoms with E-state index in [1.165, 1.54) is 0 Å². The molecule has 0 radical (unpaired) electrons. The summed E-state index contributed by atoms with van der Waals surface area (Å²) in [6.07, 6.45) is 6.61. The fraction of sp³-hybridized carbons (Fsp3) is 0.909. The fourth-order valence-electron chi connectivity index (χ4n) is 11.7. The first kappa shape index (κ1) is 14.0. The van der Waals surface area contributed by atoms with Crippen LogP contribution in [0.5, 0.6) is 0 Å². The maximum Gasteiger partial charge on any atom is 0.313 e. The molecule has 2 saturated heterocycles. The lowest BCUT2D eigenvalue weighted by Gasteiger charge is -2.38. The van der Waals surface area contributed by atoms with E-state index in [0.29, 0.717) is 47.3 Å². The van der Waals surface area contributed by atoms with E-state index in [-0.39, 0.29) is 34.0 Å². The van der Waals surface area contributed by atoms with Crippen molar-refractivity contribution in [1.82, 2.24) is 0 Å². The Morgan fingerprint density at radius 1 is 0.769 bits per heavy atom.